The molecule has 71 heavy (non-hydrogen) atoms. The molecule has 2 heterocycles. The molecule has 376 valence electrons. The van der Waals surface area contributed by atoms with Crippen LogP contribution in [0.2, 0.25) is 0 Å². The van der Waals surface area contributed by atoms with Crippen molar-refractivity contribution in [3.05, 3.63) is 135 Å². The first kappa shape index (κ1) is 50.5. The molecule has 2 aliphatic heterocycles. The van der Waals surface area contributed by atoms with Crippen molar-refractivity contribution in [3.8, 4) is 17.2 Å². The van der Waals surface area contributed by atoms with Gasteiger partial charge in [0.2, 0.25) is 0 Å². The first-order valence-corrected chi connectivity index (χ1v) is 24.8. The Morgan fingerprint density at radius 3 is 1.51 bits per heavy atom. The number of hydrogen-bond acceptors (Lipinski definition) is 12. The number of phenols is 2. The zero-order valence-electron chi connectivity index (χ0n) is 39.6. The van der Waals surface area contributed by atoms with Crippen LogP contribution in [0.15, 0.2) is 106 Å². The monoisotopic (exact) mass is 1020 g/mol. The number of methoxy groups -OCH3 is 2. The minimum atomic E-state index is -4.41. The number of allylic oxidation sites excluding steroid dienone is 2. The van der Waals surface area contributed by atoms with Crippen molar-refractivity contribution in [2.24, 2.45) is 11.8 Å². The van der Waals surface area contributed by atoms with E-state index in [2.05, 4.69) is 9.80 Å². The second-order valence-electron chi connectivity index (χ2n) is 19.3. The van der Waals surface area contributed by atoms with Gasteiger partial charge >= 0.3 is 18.3 Å². The number of aromatic hydroxyl groups is 2. The van der Waals surface area contributed by atoms with Crippen molar-refractivity contribution < 1.29 is 65.1 Å². The fourth-order valence-electron chi connectivity index (χ4n) is 12.2. The van der Waals surface area contributed by atoms with Gasteiger partial charge in [-0.15, -0.1) is 23.5 Å². The van der Waals surface area contributed by atoms with Crippen molar-refractivity contribution in [1.82, 2.24) is 9.80 Å². The predicted octanol–water partition coefficient (Wildman–Crippen LogP) is 10.9. The van der Waals surface area contributed by atoms with E-state index in [0.717, 1.165) is 53.1 Å². The summed E-state index contributed by atoms with van der Waals surface area (Å²) < 4.78 is 95.3. The van der Waals surface area contributed by atoms with Gasteiger partial charge in [-0.1, -0.05) is 18.2 Å². The number of benzene rings is 4. The number of rotatable bonds is 7. The minimum Gasteiger partial charge on any atom is -0.504 e. The lowest BCUT2D eigenvalue weighted by Gasteiger charge is -2.59. The van der Waals surface area contributed by atoms with Crippen LogP contribution in [-0.4, -0.2) is 91.0 Å². The van der Waals surface area contributed by atoms with E-state index in [1.54, 1.807) is 6.07 Å². The van der Waals surface area contributed by atoms with Gasteiger partial charge in [0.1, 0.15) is 5.75 Å². The van der Waals surface area contributed by atoms with Crippen molar-refractivity contribution >= 4 is 41.1 Å². The van der Waals surface area contributed by atoms with Crippen molar-refractivity contribution in [1.29, 1.82) is 0 Å². The number of aryl methyl sites for hydroxylation is 1. The number of carbonyl (C=O) groups excluding carboxylic acids is 3. The van der Waals surface area contributed by atoms with Gasteiger partial charge in [0.05, 0.1) is 35.8 Å². The summed E-state index contributed by atoms with van der Waals surface area (Å²) in [5, 5.41) is 20.9. The standard InChI is InChI=1S/C28H28F3NO4S.C25H24F3NO4S/c1-15-5-10-19-23(25(15)36-16(2)33)27-11-12-32(3)24(20(27)13-22(35-4)21(34)14-27)26(19)37-18-8-6-17(7-9-18)28(29,30)31;1-29-10-9-24-12-18(31)19(33-2)11-16(24)21(29)23(15-7-8-17(30)22(32)20(15)24)34-14-5-3-13(4-6-14)25(26,27)28/h5-10,13,20,24,26H,11-12,14H2,1-4H3;3-8,11,16,21,23,30,32H,9-10,12H2,1-2H3/t20-,24-,26-,27-;16-,21-,23-,24-/m11/s1. The van der Waals surface area contributed by atoms with E-state index in [0.29, 0.717) is 46.2 Å². The van der Waals surface area contributed by atoms with Crippen LogP contribution >= 0.6 is 23.5 Å². The number of nitrogens with zero attached hydrogens (tertiary/aromatic N) is 2. The van der Waals surface area contributed by atoms with Crippen molar-refractivity contribution in [2.75, 3.05) is 41.4 Å². The Bertz CT molecular complexity index is 2850. The number of likely N-dealkylation sites (tertiary alicyclic amines) is 2. The number of phenolic OH excluding ortho intramolecular Hbond substituents is 2. The topological polar surface area (TPSA) is 126 Å². The smallest absolute Gasteiger partial charge is 0.416 e. The van der Waals surface area contributed by atoms with E-state index in [1.165, 1.54) is 75.0 Å². The molecule has 0 unspecified atom stereocenters. The summed E-state index contributed by atoms with van der Waals surface area (Å²) >= 11 is 2.91. The summed E-state index contributed by atoms with van der Waals surface area (Å²) in [5.74, 6) is -0.379. The van der Waals surface area contributed by atoms with E-state index < -0.39 is 40.3 Å². The largest absolute Gasteiger partial charge is 0.504 e. The molecule has 18 heteroatoms. The Balaban J connectivity index is 0.000000176. The van der Waals surface area contributed by atoms with Crippen LogP contribution < -0.4 is 4.74 Å². The third-order valence-corrected chi connectivity index (χ3v) is 18.1. The molecule has 6 aliphatic rings. The number of ketones is 2. The van der Waals surface area contributed by atoms with Gasteiger partial charge in [0, 0.05) is 75.4 Å². The van der Waals surface area contributed by atoms with Crippen molar-refractivity contribution in [2.45, 2.75) is 95.1 Å². The molecule has 4 aromatic rings. The maximum atomic E-state index is 13.2. The second kappa shape index (κ2) is 18.6. The summed E-state index contributed by atoms with van der Waals surface area (Å²) in [6, 6.07) is 17.2. The van der Waals surface area contributed by atoms with Crippen LogP contribution in [0.25, 0.3) is 0 Å². The Labute approximate surface area is 415 Å². The molecule has 4 aliphatic carbocycles. The zero-order chi connectivity index (χ0) is 51.1. The lowest BCUT2D eigenvalue weighted by molar-refractivity contribution is -0.138. The third kappa shape index (κ3) is 8.69. The maximum Gasteiger partial charge on any atom is 0.416 e. The van der Waals surface area contributed by atoms with E-state index in [1.807, 2.05) is 45.3 Å². The fourth-order valence-corrected chi connectivity index (χ4v) is 15.0. The summed E-state index contributed by atoms with van der Waals surface area (Å²) in [6.07, 6.45) is -3.36. The molecule has 0 radical (unpaired) electrons. The number of fused-ring (bicyclic) bond motifs is 2. The molecule has 10 nitrogen and oxygen atoms in total. The molecule has 4 aromatic carbocycles. The van der Waals surface area contributed by atoms with E-state index in [4.69, 9.17) is 14.2 Å². The molecule has 0 spiro atoms. The Hall–Kier alpha value is -5.43. The third-order valence-electron chi connectivity index (χ3n) is 15.4. The van der Waals surface area contributed by atoms with Crippen LogP contribution in [0, 0.1) is 18.8 Å². The van der Waals surface area contributed by atoms with E-state index >= 15 is 0 Å². The van der Waals surface area contributed by atoms with Gasteiger partial charge in [-0.2, -0.15) is 26.3 Å². The number of carbonyl (C=O) groups is 3. The number of piperidine rings is 2. The minimum absolute atomic E-state index is 0.0559. The van der Waals surface area contributed by atoms with Crippen LogP contribution in [0.5, 0.6) is 17.2 Å². The number of halogens is 6. The van der Waals surface area contributed by atoms with Crippen LogP contribution in [0.3, 0.4) is 0 Å². The van der Waals surface area contributed by atoms with Crippen molar-refractivity contribution in [3.63, 3.8) is 0 Å². The van der Waals surface area contributed by atoms with Gasteiger partial charge in [0.15, 0.2) is 34.6 Å². The summed E-state index contributed by atoms with van der Waals surface area (Å²) in [5.41, 5.74) is 1.29. The Kier molecular flexibility index (Phi) is 13.2. The zero-order valence-corrected chi connectivity index (χ0v) is 41.2. The number of esters is 1. The summed E-state index contributed by atoms with van der Waals surface area (Å²) in [7, 11) is 6.98. The van der Waals surface area contributed by atoms with Gasteiger partial charge in [-0.25, -0.2) is 0 Å². The number of hydrogen-bond donors (Lipinski definition) is 2. The lowest BCUT2D eigenvalue weighted by atomic mass is 9.53. The normalized spacial score (nSPS) is 27.9. The van der Waals surface area contributed by atoms with Gasteiger partial charge in [0.25, 0.3) is 0 Å². The number of thioether (sulfide) groups is 2. The Morgan fingerprint density at radius 2 is 1.08 bits per heavy atom. The lowest BCUT2D eigenvalue weighted by Crippen LogP contribution is -2.61. The maximum absolute atomic E-state index is 13.2. The molecule has 2 saturated heterocycles. The molecule has 0 saturated carbocycles. The number of alkyl halides is 6. The van der Waals surface area contributed by atoms with Crippen LogP contribution in [0.1, 0.15) is 82.1 Å². The summed E-state index contributed by atoms with van der Waals surface area (Å²) in [4.78, 5) is 44.0. The molecule has 2 fully saturated rings. The molecule has 4 bridgehead atoms. The molecule has 8 atom stereocenters. The average Bonchev–Trinajstić information content (AvgIpc) is 3.31. The molecule has 2 N–H and O–H groups in total. The average molecular weight is 1020 g/mol. The first-order valence-electron chi connectivity index (χ1n) is 23.1. The second-order valence-corrected chi connectivity index (χ2v) is 21.7. The predicted molar refractivity (Wildman–Crippen MR) is 254 cm³/mol. The quantitative estimate of drug-likeness (QED) is 0.0792. The van der Waals surface area contributed by atoms with Gasteiger partial charge in [-0.3, -0.25) is 14.4 Å². The van der Waals surface area contributed by atoms with Crippen LogP contribution in [0.4, 0.5) is 26.3 Å². The van der Waals surface area contributed by atoms with Crippen LogP contribution in [-0.2, 0) is 47.0 Å². The number of likely N-dealkylation sites (N-methyl/N-ethyl adjacent to an activating group) is 2. The highest BCUT2D eigenvalue weighted by Gasteiger charge is 2.61. The molecule has 10 rings (SSSR count). The molecular weight excluding hydrogens is 971 g/mol. The highest BCUT2D eigenvalue weighted by molar-refractivity contribution is 7.99. The van der Waals surface area contributed by atoms with Gasteiger partial charge < -0.3 is 34.2 Å². The fraction of sp³-hybridized carbons (Fsp3) is 0.415. The van der Waals surface area contributed by atoms with E-state index in [-0.39, 0.29) is 76.1 Å². The Morgan fingerprint density at radius 1 is 0.662 bits per heavy atom. The molecular formula is C53H52F6N2O8S2. The highest BCUT2D eigenvalue weighted by atomic mass is 32.2. The molecule has 0 amide bonds. The molecule has 0 aromatic heterocycles. The highest BCUT2D eigenvalue weighted by Crippen LogP contribution is 2.65. The summed E-state index contributed by atoms with van der Waals surface area (Å²) in [6.45, 7) is 4.63. The van der Waals surface area contributed by atoms with E-state index in [9.17, 15) is 50.9 Å². The number of Topliss-reactive ketones (excluding diaryl/α,β-unsaturated/α-hetero) is 2. The first-order chi connectivity index (χ1) is 33.5. The SMILES string of the molecule is COC1=C[C@@H]2[C@@H]3[C@H](Sc4ccc(C(F)(F)F)cc4)c4ccc(C)c(OC(C)=O)c4[C@]2(CCN3C)CC1=O.COC1=C[C@@H]2[C@@H]3[C@H](Sc4ccc(C(F)(F)F)cc4)c4ccc(O)c(O)c4[C@]2(CCN3C)CC1=O. The van der Waals surface area contributed by atoms with Gasteiger partial charge in [-0.05, 0) is 130 Å². The number of ether oxygens (including phenoxy) is 3.